The van der Waals surface area contributed by atoms with Crippen molar-refractivity contribution in [3.63, 3.8) is 0 Å². The maximum atomic E-state index is 5.78. The van der Waals surface area contributed by atoms with Crippen LogP contribution in [0.15, 0.2) is 12.1 Å². The van der Waals surface area contributed by atoms with Crippen LogP contribution >= 0.6 is 11.3 Å². The Morgan fingerprint density at radius 2 is 1.88 bits per heavy atom. The Kier molecular flexibility index (Phi) is 2.90. The van der Waals surface area contributed by atoms with Gasteiger partial charge in [0.2, 0.25) is 0 Å². The van der Waals surface area contributed by atoms with Crippen LogP contribution in [-0.2, 0) is 5.41 Å². The smallest absolute Gasteiger partial charge is 0.181 e. The van der Waals surface area contributed by atoms with E-state index in [0.29, 0.717) is 11.0 Å². The van der Waals surface area contributed by atoms with Crippen molar-refractivity contribution in [2.45, 2.75) is 46.0 Å². The second-order valence-corrected chi connectivity index (χ2v) is 6.93. The van der Waals surface area contributed by atoms with Gasteiger partial charge in [0.25, 0.3) is 0 Å². The van der Waals surface area contributed by atoms with Crippen molar-refractivity contribution < 1.29 is 0 Å². The van der Waals surface area contributed by atoms with Crippen LogP contribution in [0.25, 0.3) is 10.2 Å². The minimum absolute atomic E-state index is 0.145. The first kappa shape index (κ1) is 12.4. The molecule has 2 aromatic rings. The second kappa shape index (κ2) is 3.98. The number of nitrogens with two attached hydrogens (primary N) is 1. The molecule has 0 amide bonds. The van der Waals surface area contributed by atoms with E-state index in [0.717, 1.165) is 5.52 Å². The first-order valence-corrected chi connectivity index (χ1v) is 6.81. The first-order chi connectivity index (χ1) is 7.79. The van der Waals surface area contributed by atoms with E-state index in [1.54, 1.807) is 11.3 Å². The van der Waals surface area contributed by atoms with Gasteiger partial charge in [-0.1, -0.05) is 46.0 Å². The number of nitrogen functional groups attached to an aromatic ring is 1. The molecule has 0 saturated heterocycles. The Bertz CT molecular complexity index is 547. The van der Waals surface area contributed by atoms with E-state index in [2.05, 4.69) is 51.7 Å². The van der Waals surface area contributed by atoms with Crippen molar-refractivity contribution >= 4 is 26.7 Å². The van der Waals surface area contributed by atoms with Crippen LogP contribution in [0.3, 0.4) is 0 Å². The molecule has 0 aliphatic carbocycles. The summed E-state index contributed by atoms with van der Waals surface area (Å²) < 4.78 is 1.19. The number of rotatable bonds is 1. The molecule has 2 N–H and O–H groups in total. The third-order valence-corrected chi connectivity index (χ3v) is 3.85. The van der Waals surface area contributed by atoms with E-state index in [1.807, 2.05) is 0 Å². The standard InChI is InChI=1S/C14H20N2S/c1-8(2)9-6-12-11(16-13(15)17-12)7-10(9)14(3,4)5/h6-8H,1-5H3,(H2,15,16). The van der Waals surface area contributed by atoms with Crippen molar-refractivity contribution in [2.24, 2.45) is 0 Å². The zero-order chi connectivity index (χ0) is 12.8. The van der Waals surface area contributed by atoms with Gasteiger partial charge in [-0.2, -0.15) is 0 Å². The molecule has 1 aromatic carbocycles. The largest absolute Gasteiger partial charge is 0.375 e. The highest BCUT2D eigenvalue weighted by Gasteiger charge is 2.21. The molecule has 17 heavy (non-hydrogen) atoms. The second-order valence-electron chi connectivity index (χ2n) is 5.86. The third-order valence-electron chi connectivity index (χ3n) is 3.01. The van der Waals surface area contributed by atoms with Crippen molar-refractivity contribution in [3.05, 3.63) is 23.3 Å². The van der Waals surface area contributed by atoms with Crippen LogP contribution in [0.2, 0.25) is 0 Å². The number of benzene rings is 1. The van der Waals surface area contributed by atoms with Gasteiger partial charge in [0.15, 0.2) is 5.13 Å². The fourth-order valence-electron chi connectivity index (χ4n) is 2.13. The fraction of sp³-hybridized carbons (Fsp3) is 0.500. The van der Waals surface area contributed by atoms with Gasteiger partial charge in [-0.05, 0) is 34.6 Å². The molecule has 2 nitrogen and oxygen atoms in total. The molecule has 0 aliphatic heterocycles. The molecule has 3 heteroatoms. The van der Waals surface area contributed by atoms with Gasteiger partial charge in [0.05, 0.1) is 10.2 Å². The number of aromatic nitrogens is 1. The first-order valence-electron chi connectivity index (χ1n) is 5.99. The van der Waals surface area contributed by atoms with E-state index >= 15 is 0 Å². The zero-order valence-electron chi connectivity index (χ0n) is 11.2. The number of fused-ring (bicyclic) bond motifs is 1. The number of nitrogens with zero attached hydrogens (tertiary/aromatic N) is 1. The van der Waals surface area contributed by atoms with Crippen LogP contribution in [0.5, 0.6) is 0 Å². The summed E-state index contributed by atoms with van der Waals surface area (Å²) in [6.45, 7) is 11.2. The number of hydrogen-bond acceptors (Lipinski definition) is 3. The van der Waals surface area contributed by atoms with E-state index in [-0.39, 0.29) is 5.41 Å². The Hall–Kier alpha value is -1.09. The molecule has 0 radical (unpaired) electrons. The lowest BCUT2D eigenvalue weighted by atomic mass is 9.80. The quantitative estimate of drug-likeness (QED) is 0.817. The van der Waals surface area contributed by atoms with Crippen molar-refractivity contribution in [2.75, 3.05) is 5.73 Å². The van der Waals surface area contributed by atoms with Crippen LogP contribution < -0.4 is 5.73 Å². The lowest BCUT2D eigenvalue weighted by Crippen LogP contribution is -2.14. The Balaban J connectivity index is 2.74. The highest BCUT2D eigenvalue weighted by molar-refractivity contribution is 7.22. The molecule has 92 valence electrons. The number of anilines is 1. The topological polar surface area (TPSA) is 38.9 Å². The fourth-order valence-corrected chi connectivity index (χ4v) is 2.90. The average Bonchev–Trinajstić information content (AvgIpc) is 2.53. The summed E-state index contributed by atoms with van der Waals surface area (Å²) >= 11 is 1.57. The average molecular weight is 248 g/mol. The number of hydrogen-bond donors (Lipinski definition) is 1. The van der Waals surface area contributed by atoms with E-state index in [1.165, 1.54) is 15.8 Å². The highest BCUT2D eigenvalue weighted by Crippen LogP contribution is 2.36. The van der Waals surface area contributed by atoms with Gasteiger partial charge in [0, 0.05) is 0 Å². The predicted octanol–water partition coefficient (Wildman–Crippen LogP) is 4.30. The van der Waals surface area contributed by atoms with Gasteiger partial charge in [0.1, 0.15) is 0 Å². The normalized spacial score (nSPS) is 12.6. The molecule has 0 saturated carbocycles. The molecule has 0 atom stereocenters. The van der Waals surface area contributed by atoms with E-state index in [9.17, 15) is 0 Å². The van der Waals surface area contributed by atoms with Crippen LogP contribution in [0, 0.1) is 0 Å². The van der Waals surface area contributed by atoms with Gasteiger partial charge < -0.3 is 5.73 Å². The van der Waals surface area contributed by atoms with Crippen molar-refractivity contribution in [1.82, 2.24) is 4.98 Å². The molecule has 1 heterocycles. The maximum absolute atomic E-state index is 5.78. The Morgan fingerprint density at radius 3 is 2.41 bits per heavy atom. The molecule has 2 rings (SSSR count). The van der Waals surface area contributed by atoms with Crippen LogP contribution in [-0.4, -0.2) is 4.98 Å². The highest BCUT2D eigenvalue weighted by atomic mass is 32.1. The molecule has 0 aliphatic rings. The van der Waals surface area contributed by atoms with Gasteiger partial charge in [-0.15, -0.1) is 0 Å². The minimum Gasteiger partial charge on any atom is -0.375 e. The molecule has 0 fully saturated rings. The molecular formula is C14H20N2S. The lowest BCUT2D eigenvalue weighted by Gasteiger charge is -2.24. The van der Waals surface area contributed by atoms with Crippen LogP contribution in [0.4, 0.5) is 5.13 Å². The predicted molar refractivity (Wildman–Crippen MR) is 76.8 cm³/mol. The van der Waals surface area contributed by atoms with Gasteiger partial charge in [-0.3, -0.25) is 0 Å². The van der Waals surface area contributed by atoms with Crippen molar-refractivity contribution in [3.8, 4) is 0 Å². The summed E-state index contributed by atoms with van der Waals surface area (Å²) in [7, 11) is 0. The van der Waals surface area contributed by atoms with Crippen LogP contribution in [0.1, 0.15) is 51.7 Å². The number of thiazole rings is 1. The van der Waals surface area contributed by atoms with Gasteiger partial charge >= 0.3 is 0 Å². The molecular weight excluding hydrogens is 228 g/mol. The SMILES string of the molecule is CC(C)c1cc2sc(N)nc2cc1C(C)(C)C. The summed E-state index contributed by atoms with van der Waals surface area (Å²) in [6, 6.07) is 4.46. The Labute approximate surface area is 107 Å². The van der Waals surface area contributed by atoms with E-state index in [4.69, 9.17) is 5.73 Å². The molecule has 1 aromatic heterocycles. The summed E-state index contributed by atoms with van der Waals surface area (Å²) in [5.41, 5.74) is 9.75. The Morgan fingerprint density at radius 1 is 1.24 bits per heavy atom. The summed E-state index contributed by atoms with van der Waals surface area (Å²) in [6.07, 6.45) is 0. The maximum Gasteiger partial charge on any atom is 0.181 e. The summed E-state index contributed by atoms with van der Waals surface area (Å²) in [5, 5.41) is 0.653. The molecule has 0 spiro atoms. The lowest BCUT2D eigenvalue weighted by molar-refractivity contribution is 0.578. The monoisotopic (exact) mass is 248 g/mol. The summed E-state index contributed by atoms with van der Waals surface area (Å²) in [4.78, 5) is 4.38. The molecule has 0 unspecified atom stereocenters. The minimum atomic E-state index is 0.145. The third kappa shape index (κ3) is 2.29. The zero-order valence-corrected chi connectivity index (χ0v) is 12.0. The van der Waals surface area contributed by atoms with Crippen molar-refractivity contribution in [1.29, 1.82) is 0 Å². The van der Waals surface area contributed by atoms with E-state index < -0.39 is 0 Å². The summed E-state index contributed by atoms with van der Waals surface area (Å²) in [5.74, 6) is 0.525. The van der Waals surface area contributed by atoms with Gasteiger partial charge in [-0.25, -0.2) is 4.98 Å². The molecule has 0 bridgehead atoms.